The summed E-state index contributed by atoms with van der Waals surface area (Å²) in [4.78, 5) is 10.0. The summed E-state index contributed by atoms with van der Waals surface area (Å²) in [5.41, 5.74) is -0.937. The van der Waals surface area contributed by atoms with Crippen molar-refractivity contribution in [2.24, 2.45) is 0 Å². The van der Waals surface area contributed by atoms with Crippen LogP contribution in [0, 0.1) is 24.0 Å². The molecule has 12 heteroatoms. The number of benzene rings is 2. The van der Waals surface area contributed by atoms with Crippen molar-refractivity contribution in [3.05, 3.63) is 69.8 Å². The maximum absolute atomic E-state index is 12.3. The average molecular weight is 459 g/mol. The molecule has 1 N–H and O–H groups in total. The van der Waals surface area contributed by atoms with Gasteiger partial charge < -0.3 is 5.11 Å². The van der Waals surface area contributed by atoms with Gasteiger partial charge in [-0.2, -0.15) is 16.8 Å². The minimum Gasteiger partial charge on any atom is -0.389 e. The summed E-state index contributed by atoms with van der Waals surface area (Å²) in [6, 6.07) is 11.1. The van der Waals surface area contributed by atoms with E-state index in [9.17, 15) is 32.1 Å². The van der Waals surface area contributed by atoms with Crippen LogP contribution in [0.4, 0.5) is 0 Å². The van der Waals surface area contributed by atoms with Crippen molar-refractivity contribution >= 4 is 20.2 Å². The van der Waals surface area contributed by atoms with Crippen molar-refractivity contribution in [3.63, 3.8) is 0 Å². The van der Waals surface area contributed by atoms with Gasteiger partial charge in [0.05, 0.1) is 9.79 Å². The normalized spacial score (nSPS) is 12.6. The van der Waals surface area contributed by atoms with Gasteiger partial charge in [0.2, 0.25) is 0 Å². The summed E-state index contributed by atoms with van der Waals surface area (Å²) in [6.45, 7) is 0.0122. The van der Waals surface area contributed by atoms with Crippen molar-refractivity contribution in [1.82, 2.24) is 0 Å². The lowest BCUT2D eigenvalue weighted by Crippen LogP contribution is -2.51. The van der Waals surface area contributed by atoms with Crippen LogP contribution in [0.2, 0.25) is 0 Å². The molecule has 164 valence electrons. The molecule has 0 fully saturated rings. The number of rotatable bonds is 10. The van der Waals surface area contributed by atoms with E-state index in [0.717, 1.165) is 11.1 Å². The molecule has 10 nitrogen and oxygen atoms in total. The van der Waals surface area contributed by atoms with Crippen LogP contribution in [0.5, 0.6) is 0 Å². The number of hydrogen-bond acceptors (Lipinski definition) is 9. The molecule has 0 atom stereocenters. The number of nitrogens with zero attached hydrogens (tertiary/aromatic N) is 1. The van der Waals surface area contributed by atoms with Gasteiger partial charge >= 0.3 is 0 Å². The van der Waals surface area contributed by atoms with Gasteiger partial charge in [0.1, 0.15) is 19.8 Å². The summed E-state index contributed by atoms with van der Waals surface area (Å²) in [7, 11) is -8.77. The first-order valence-electron chi connectivity index (χ1n) is 8.59. The van der Waals surface area contributed by atoms with Crippen molar-refractivity contribution in [2.75, 3.05) is 19.8 Å². The highest BCUT2D eigenvalue weighted by atomic mass is 32.2. The number of aliphatic hydroxyl groups excluding tert-OH is 1. The van der Waals surface area contributed by atoms with Crippen LogP contribution in [0.25, 0.3) is 0 Å². The first kappa shape index (κ1) is 23.9. The summed E-state index contributed by atoms with van der Waals surface area (Å²) in [5, 5.41) is 21.1. The number of aryl methyl sites for hydroxylation is 2. The molecular formula is C18H21NO9S2. The molecule has 0 aromatic heterocycles. The molecule has 2 aromatic carbocycles. The van der Waals surface area contributed by atoms with Crippen molar-refractivity contribution in [3.8, 4) is 0 Å². The maximum Gasteiger partial charge on any atom is 0.297 e. The van der Waals surface area contributed by atoms with E-state index in [4.69, 9.17) is 8.37 Å². The minimum absolute atomic E-state index is 0.239. The second-order valence-corrected chi connectivity index (χ2v) is 9.93. The van der Waals surface area contributed by atoms with Gasteiger partial charge in [0.15, 0.2) is 0 Å². The average Bonchev–Trinajstić information content (AvgIpc) is 2.69. The molecule has 2 rings (SSSR count). The van der Waals surface area contributed by atoms with Gasteiger partial charge in [-0.3, -0.25) is 18.5 Å². The predicted molar refractivity (Wildman–Crippen MR) is 105 cm³/mol. The van der Waals surface area contributed by atoms with Crippen molar-refractivity contribution in [1.29, 1.82) is 0 Å². The highest BCUT2D eigenvalue weighted by Crippen LogP contribution is 2.21. The molecule has 0 unspecified atom stereocenters. The molecule has 0 aliphatic heterocycles. The SMILES string of the molecule is Cc1ccc(S(=O)(=O)OCC(CO)(COS(=O)(=O)c2ccc(C)cc2)[N+](=O)[O-])cc1. The number of hydrogen-bond donors (Lipinski definition) is 1. The molecule has 0 heterocycles. The van der Waals surface area contributed by atoms with E-state index in [-0.39, 0.29) is 9.79 Å². The second kappa shape index (κ2) is 9.18. The third-order valence-electron chi connectivity index (χ3n) is 4.27. The zero-order valence-electron chi connectivity index (χ0n) is 16.2. The molecule has 30 heavy (non-hydrogen) atoms. The van der Waals surface area contributed by atoms with Gasteiger partial charge in [-0.05, 0) is 38.1 Å². The molecule has 0 saturated carbocycles. The van der Waals surface area contributed by atoms with E-state index < -0.39 is 50.5 Å². The Morgan fingerprint density at radius 1 is 0.833 bits per heavy atom. The molecule has 0 bridgehead atoms. The van der Waals surface area contributed by atoms with Crippen LogP contribution in [-0.2, 0) is 28.6 Å². The van der Waals surface area contributed by atoms with Gasteiger partial charge in [-0.15, -0.1) is 0 Å². The Morgan fingerprint density at radius 3 is 1.43 bits per heavy atom. The van der Waals surface area contributed by atoms with E-state index >= 15 is 0 Å². The predicted octanol–water partition coefficient (Wildman–Crippen LogP) is 1.42. The van der Waals surface area contributed by atoms with Crippen LogP contribution < -0.4 is 0 Å². The lowest BCUT2D eigenvalue weighted by molar-refractivity contribution is -0.578. The van der Waals surface area contributed by atoms with E-state index in [1.807, 2.05) is 0 Å². The van der Waals surface area contributed by atoms with Gasteiger partial charge in [0.25, 0.3) is 25.8 Å². The minimum atomic E-state index is -4.39. The molecule has 0 aliphatic carbocycles. The van der Waals surface area contributed by atoms with E-state index in [1.54, 1.807) is 13.8 Å². The summed E-state index contributed by atoms with van der Waals surface area (Å²) in [5.74, 6) is 0. The fourth-order valence-electron chi connectivity index (χ4n) is 2.22. The van der Waals surface area contributed by atoms with Crippen molar-refractivity contribution < 1.29 is 35.2 Å². The lowest BCUT2D eigenvalue weighted by atomic mass is 10.1. The van der Waals surface area contributed by atoms with Gasteiger partial charge in [0, 0.05) is 4.92 Å². The standard InChI is InChI=1S/C18H21NO9S2/c1-14-3-7-16(8-4-14)29(23,24)27-12-18(11-20,19(21)22)13-28-30(25,26)17-9-5-15(2)6-10-17/h3-10,20H,11-13H2,1-2H3. The molecular weight excluding hydrogens is 438 g/mol. The fraction of sp³-hybridized carbons (Fsp3) is 0.333. The Balaban J connectivity index is 2.20. The summed E-state index contributed by atoms with van der Waals surface area (Å²) >= 11 is 0. The maximum atomic E-state index is 12.3. The zero-order valence-corrected chi connectivity index (χ0v) is 17.9. The van der Waals surface area contributed by atoms with Crippen LogP contribution in [0.3, 0.4) is 0 Å². The summed E-state index contributed by atoms with van der Waals surface area (Å²) < 4.78 is 58.7. The van der Waals surface area contributed by atoms with Gasteiger partial charge in [-0.25, -0.2) is 0 Å². The molecule has 2 aromatic rings. The largest absolute Gasteiger partial charge is 0.389 e. The van der Waals surface area contributed by atoms with Crippen LogP contribution in [0.15, 0.2) is 58.3 Å². The van der Waals surface area contributed by atoms with Crippen LogP contribution in [0.1, 0.15) is 11.1 Å². The van der Waals surface area contributed by atoms with Gasteiger partial charge in [-0.1, -0.05) is 35.4 Å². The Bertz CT molecular complexity index is 1010. The second-order valence-electron chi connectivity index (χ2n) is 6.70. The Hall–Kier alpha value is -2.38. The quantitative estimate of drug-likeness (QED) is 0.316. The first-order chi connectivity index (χ1) is 13.9. The Labute approximate surface area is 174 Å². The van der Waals surface area contributed by atoms with E-state index in [1.165, 1.54) is 48.5 Å². The zero-order chi connectivity index (χ0) is 22.6. The third kappa shape index (κ3) is 5.61. The summed E-state index contributed by atoms with van der Waals surface area (Å²) in [6.07, 6.45) is 0. The highest BCUT2D eigenvalue weighted by molar-refractivity contribution is 7.87. The van der Waals surface area contributed by atoms with Crippen LogP contribution >= 0.6 is 0 Å². The molecule has 0 radical (unpaired) electrons. The topological polar surface area (TPSA) is 150 Å². The number of aliphatic hydroxyl groups is 1. The molecule has 0 amide bonds. The number of nitro groups is 1. The first-order valence-corrected chi connectivity index (χ1v) is 11.4. The Morgan fingerprint density at radius 2 is 1.17 bits per heavy atom. The highest BCUT2D eigenvalue weighted by Gasteiger charge is 2.46. The van der Waals surface area contributed by atoms with Crippen LogP contribution in [-0.4, -0.2) is 52.2 Å². The molecule has 0 aliphatic rings. The van der Waals surface area contributed by atoms with E-state index in [0.29, 0.717) is 0 Å². The van der Waals surface area contributed by atoms with Crippen molar-refractivity contribution in [2.45, 2.75) is 29.2 Å². The molecule has 0 spiro atoms. The monoisotopic (exact) mass is 459 g/mol. The lowest BCUT2D eigenvalue weighted by Gasteiger charge is -2.22. The third-order valence-corrected chi connectivity index (χ3v) is 6.82. The van der Waals surface area contributed by atoms with E-state index in [2.05, 4.69) is 0 Å². The molecule has 0 saturated heterocycles. The smallest absolute Gasteiger partial charge is 0.297 e. The fourth-order valence-corrected chi connectivity index (χ4v) is 4.18. The Kier molecular flexibility index (Phi) is 7.31.